The fraction of sp³-hybridized carbons (Fsp3) is 0.700. The van der Waals surface area contributed by atoms with Gasteiger partial charge in [0.15, 0.2) is 5.60 Å². The topological polar surface area (TPSA) is 96.3 Å². The van der Waals surface area contributed by atoms with Crippen LogP contribution in [0.15, 0.2) is 23.3 Å². The first kappa shape index (κ1) is 21.6. The molecule has 0 unspecified atom stereocenters. The number of carbonyl (C=O) groups excluding carboxylic acids is 2. The lowest BCUT2D eigenvalue weighted by Crippen LogP contribution is -2.53. The molecule has 0 bridgehead atoms. The molecule has 0 saturated carbocycles. The summed E-state index contributed by atoms with van der Waals surface area (Å²) in [5, 5.41) is 20.4. The molecule has 152 valence electrons. The van der Waals surface area contributed by atoms with Crippen LogP contribution in [0.25, 0.3) is 0 Å². The summed E-state index contributed by atoms with van der Waals surface area (Å²) in [6.45, 7) is 9.85. The fourth-order valence-electron chi connectivity index (χ4n) is 3.70. The van der Waals surface area contributed by atoms with Crippen molar-refractivity contribution < 1.29 is 29.3 Å². The van der Waals surface area contributed by atoms with Crippen molar-refractivity contribution in [2.24, 2.45) is 5.92 Å². The monoisotopic (exact) mass is 381 g/mol. The van der Waals surface area contributed by atoms with Crippen molar-refractivity contribution in [1.82, 2.24) is 4.90 Å². The number of aliphatic hydroxyl groups is 2. The van der Waals surface area contributed by atoms with E-state index in [0.29, 0.717) is 6.54 Å². The number of allylic oxidation sites excluding steroid dienone is 1. The average Bonchev–Trinajstić information content (AvgIpc) is 3.13. The third-order valence-corrected chi connectivity index (χ3v) is 5.30. The number of rotatable bonds is 7. The van der Waals surface area contributed by atoms with E-state index in [4.69, 9.17) is 9.47 Å². The molecule has 0 aromatic rings. The number of carbonyl (C=O) groups is 2. The standard InChI is InChI=1S/C20H31NO6/c1-12(2)10-17(23)27-16-7-9-21-8-6-15(18(16)21)11-26-19(24)20(25,13(3)4)14(5)22/h6,10,13-14,16,18,22,25H,7-9,11H2,1-5H3/t14-,16-,18-,20+/m1/s1. The number of nitrogens with zero attached hydrogens (tertiary/aromatic N) is 1. The van der Waals surface area contributed by atoms with Crippen molar-refractivity contribution in [3.63, 3.8) is 0 Å². The Labute approximate surface area is 160 Å². The Morgan fingerprint density at radius 3 is 2.59 bits per heavy atom. The summed E-state index contributed by atoms with van der Waals surface area (Å²) in [6.07, 6.45) is 2.62. The molecule has 0 spiro atoms. The molecule has 4 atom stereocenters. The zero-order valence-electron chi connectivity index (χ0n) is 16.8. The molecule has 0 radical (unpaired) electrons. The largest absolute Gasteiger partial charge is 0.459 e. The van der Waals surface area contributed by atoms with E-state index in [9.17, 15) is 19.8 Å². The molecule has 1 fully saturated rings. The zero-order valence-corrected chi connectivity index (χ0v) is 16.8. The van der Waals surface area contributed by atoms with E-state index in [1.807, 2.05) is 19.9 Å². The van der Waals surface area contributed by atoms with Crippen molar-refractivity contribution in [3.8, 4) is 0 Å². The molecule has 7 heteroatoms. The first-order valence-corrected chi connectivity index (χ1v) is 9.43. The van der Waals surface area contributed by atoms with Crippen molar-refractivity contribution in [1.29, 1.82) is 0 Å². The van der Waals surface area contributed by atoms with Gasteiger partial charge < -0.3 is 19.7 Å². The molecule has 0 aliphatic carbocycles. The fourth-order valence-corrected chi connectivity index (χ4v) is 3.70. The molecular weight excluding hydrogens is 350 g/mol. The average molecular weight is 381 g/mol. The lowest BCUT2D eigenvalue weighted by atomic mass is 9.85. The van der Waals surface area contributed by atoms with Gasteiger partial charge in [-0.15, -0.1) is 0 Å². The molecule has 0 aromatic carbocycles. The Bertz CT molecular complexity index is 624. The van der Waals surface area contributed by atoms with Crippen molar-refractivity contribution in [3.05, 3.63) is 23.3 Å². The minimum atomic E-state index is -1.95. The predicted octanol–water partition coefficient (Wildman–Crippen LogP) is 1.19. The van der Waals surface area contributed by atoms with Crippen LogP contribution >= 0.6 is 0 Å². The van der Waals surface area contributed by atoms with Gasteiger partial charge >= 0.3 is 11.9 Å². The van der Waals surface area contributed by atoms with Crippen molar-refractivity contribution >= 4 is 11.9 Å². The van der Waals surface area contributed by atoms with Crippen molar-refractivity contribution in [2.75, 3.05) is 19.7 Å². The number of esters is 2. The quantitative estimate of drug-likeness (QED) is 0.388. The van der Waals surface area contributed by atoms with Gasteiger partial charge in [-0.05, 0) is 38.7 Å². The van der Waals surface area contributed by atoms with Gasteiger partial charge in [-0.25, -0.2) is 9.59 Å². The van der Waals surface area contributed by atoms with Gasteiger partial charge in [0.05, 0.1) is 12.1 Å². The van der Waals surface area contributed by atoms with E-state index in [2.05, 4.69) is 4.90 Å². The third kappa shape index (κ3) is 4.59. The van der Waals surface area contributed by atoms with E-state index < -0.39 is 23.6 Å². The molecular formula is C20H31NO6. The summed E-state index contributed by atoms with van der Waals surface area (Å²) in [7, 11) is 0. The second-order valence-corrected chi connectivity index (χ2v) is 7.94. The molecule has 0 amide bonds. The predicted molar refractivity (Wildman–Crippen MR) is 99.8 cm³/mol. The zero-order chi connectivity index (χ0) is 20.4. The molecule has 2 heterocycles. The van der Waals surface area contributed by atoms with E-state index >= 15 is 0 Å². The van der Waals surface area contributed by atoms with Crippen molar-refractivity contribution in [2.45, 2.75) is 64.9 Å². The number of hydrogen-bond acceptors (Lipinski definition) is 7. The summed E-state index contributed by atoms with van der Waals surface area (Å²) in [5.74, 6) is -1.71. The maximum absolute atomic E-state index is 12.4. The lowest BCUT2D eigenvalue weighted by Gasteiger charge is -2.32. The normalized spacial score (nSPS) is 25.4. The molecule has 2 rings (SSSR count). The highest BCUT2D eigenvalue weighted by molar-refractivity contribution is 5.83. The van der Waals surface area contributed by atoms with Gasteiger partial charge in [-0.3, -0.25) is 4.90 Å². The molecule has 0 aromatic heterocycles. The molecule has 1 saturated heterocycles. The van der Waals surface area contributed by atoms with Crippen LogP contribution in [0.5, 0.6) is 0 Å². The minimum Gasteiger partial charge on any atom is -0.459 e. The number of ether oxygens (including phenoxy) is 2. The van der Waals surface area contributed by atoms with Gasteiger partial charge in [0.25, 0.3) is 0 Å². The van der Waals surface area contributed by atoms with Crippen LogP contribution in [0, 0.1) is 5.92 Å². The molecule has 2 N–H and O–H groups in total. The number of aliphatic hydroxyl groups excluding tert-OH is 1. The lowest BCUT2D eigenvalue weighted by molar-refractivity contribution is -0.183. The van der Waals surface area contributed by atoms with Gasteiger partial charge in [0, 0.05) is 19.2 Å². The van der Waals surface area contributed by atoms with Gasteiger partial charge in [0.2, 0.25) is 0 Å². The molecule has 2 aliphatic rings. The smallest absolute Gasteiger partial charge is 0.341 e. The van der Waals surface area contributed by atoms with Gasteiger partial charge in [0.1, 0.15) is 12.7 Å². The van der Waals surface area contributed by atoms with Crippen LogP contribution in [0.2, 0.25) is 0 Å². The van der Waals surface area contributed by atoms with Gasteiger partial charge in [-0.2, -0.15) is 0 Å². The summed E-state index contributed by atoms with van der Waals surface area (Å²) in [5.41, 5.74) is -0.228. The Hall–Kier alpha value is -1.70. The van der Waals surface area contributed by atoms with Crippen LogP contribution in [-0.4, -0.2) is 70.6 Å². The van der Waals surface area contributed by atoms with E-state index in [0.717, 1.165) is 24.1 Å². The number of hydrogen-bond donors (Lipinski definition) is 2. The molecule has 7 nitrogen and oxygen atoms in total. The Morgan fingerprint density at radius 2 is 2.04 bits per heavy atom. The second-order valence-electron chi connectivity index (χ2n) is 7.94. The van der Waals surface area contributed by atoms with Crippen LogP contribution in [0.4, 0.5) is 0 Å². The number of fused-ring (bicyclic) bond motifs is 1. The highest BCUT2D eigenvalue weighted by Crippen LogP contribution is 2.32. The Kier molecular flexibility index (Phi) is 6.83. The second kappa shape index (κ2) is 8.54. The van der Waals surface area contributed by atoms with Crippen LogP contribution in [-0.2, 0) is 19.1 Å². The van der Waals surface area contributed by atoms with E-state index in [1.54, 1.807) is 13.8 Å². The van der Waals surface area contributed by atoms with E-state index in [1.165, 1.54) is 13.0 Å². The molecule has 27 heavy (non-hydrogen) atoms. The summed E-state index contributed by atoms with van der Waals surface area (Å²) in [4.78, 5) is 26.6. The van der Waals surface area contributed by atoms with E-state index in [-0.39, 0.29) is 24.7 Å². The summed E-state index contributed by atoms with van der Waals surface area (Å²) >= 11 is 0. The third-order valence-electron chi connectivity index (χ3n) is 5.30. The van der Waals surface area contributed by atoms with Gasteiger partial charge in [-0.1, -0.05) is 25.5 Å². The highest BCUT2D eigenvalue weighted by Gasteiger charge is 2.47. The summed E-state index contributed by atoms with van der Waals surface area (Å²) < 4.78 is 10.9. The maximum atomic E-state index is 12.4. The molecule has 2 aliphatic heterocycles. The van der Waals surface area contributed by atoms with Crippen LogP contribution in [0.3, 0.4) is 0 Å². The SMILES string of the molecule is CC(C)=CC(=O)O[C@@H]1CCN2CC=C(COC(=O)[C@](O)(C(C)C)[C@@H](C)O)[C@H]12. The summed E-state index contributed by atoms with van der Waals surface area (Å²) in [6, 6.07) is -0.119. The highest BCUT2D eigenvalue weighted by atomic mass is 16.6. The first-order valence-electron chi connectivity index (χ1n) is 9.43. The first-order chi connectivity index (χ1) is 12.6. The minimum absolute atomic E-state index is 0.00154. The Balaban J connectivity index is 2.02. The van der Waals surface area contributed by atoms with Crippen LogP contribution < -0.4 is 0 Å². The van der Waals surface area contributed by atoms with Crippen LogP contribution in [0.1, 0.15) is 41.0 Å². The Morgan fingerprint density at radius 1 is 1.37 bits per heavy atom. The maximum Gasteiger partial charge on any atom is 0.341 e.